The van der Waals surface area contributed by atoms with Gasteiger partial charge in [0.15, 0.2) is 0 Å². The van der Waals surface area contributed by atoms with E-state index in [1.165, 1.54) is 0 Å². The first-order valence-electron chi connectivity index (χ1n) is 2.56. The SMILES string of the molecule is Nc1ccccc1NBr. The lowest BCUT2D eigenvalue weighted by Gasteiger charge is -1.99. The van der Waals surface area contributed by atoms with Crippen LogP contribution < -0.4 is 10.1 Å². The number of nitrogens with one attached hydrogen (secondary N) is 1. The molecule has 9 heavy (non-hydrogen) atoms. The van der Waals surface area contributed by atoms with Crippen LogP contribution in [0, 0.1) is 0 Å². The topological polar surface area (TPSA) is 38.0 Å². The van der Waals surface area contributed by atoms with Crippen molar-refractivity contribution in [2.24, 2.45) is 0 Å². The number of para-hydroxylation sites is 2. The summed E-state index contributed by atoms with van der Waals surface area (Å²) in [5.41, 5.74) is 7.18. The molecule has 0 radical (unpaired) electrons. The summed E-state index contributed by atoms with van der Waals surface area (Å²) >= 11 is 3.08. The number of nitrogen functional groups attached to an aromatic ring is 1. The van der Waals surface area contributed by atoms with Gasteiger partial charge in [0.25, 0.3) is 0 Å². The van der Waals surface area contributed by atoms with Crippen molar-refractivity contribution in [1.82, 2.24) is 0 Å². The van der Waals surface area contributed by atoms with Gasteiger partial charge in [-0.05, 0) is 12.1 Å². The lowest BCUT2D eigenvalue weighted by molar-refractivity contribution is 1.67. The Hall–Kier alpha value is -0.700. The molecule has 1 aromatic carbocycles. The first kappa shape index (κ1) is 6.42. The number of halogens is 1. The third-order valence-electron chi connectivity index (χ3n) is 1.06. The molecular formula is C6H7BrN2. The Morgan fingerprint density at radius 2 is 2.00 bits per heavy atom. The van der Waals surface area contributed by atoms with Crippen molar-refractivity contribution in [2.45, 2.75) is 0 Å². The normalized spacial score (nSPS) is 9.00. The highest BCUT2D eigenvalue weighted by Gasteiger charge is 1.90. The lowest BCUT2D eigenvalue weighted by atomic mass is 10.3. The number of nitrogens with two attached hydrogens (primary N) is 1. The number of rotatable bonds is 1. The second-order valence-corrected chi connectivity index (χ2v) is 2.08. The van der Waals surface area contributed by atoms with Crippen molar-refractivity contribution < 1.29 is 0 Å². The van der Waals surface area contributed by atoms with Crippen LogP contribution in [0.1, 0.15) is 0 Å². The third kappa shape index (κ3) is 1.36. The van der Waals surface area contributed by atoms with Gasteiger partial charge in [-0.1, -0.05) is 12.1 Å². The second kappa shape index (κ2) is 2.73. The summed E-state index contributed by atoms with van der Waals surface area (Å²) < 4.78 is 2.78. The minimum absolute atomic E-state index is 0.745. The number of hydrogen-bond acceptors (Lipinski definition) is 2. The number of benzene rings is 1. The van der Waals surface area contributed by atoms with E-state index < -0.39 is 0 Å². The van der Waals surface area contributed by atoms with Crippen LogP contribution in [-0.4, -0.2) is 0 Å². The Balaban J connectivity index is 3.01. The van der Waals surface area contributed by atoms with Crippen LogP contribution in [-0.2, 0) is 0 Å². The molecule has 0 amide bonds. The van der Waals surface area contributed by atoms with Crippen LogP contribution in [0.3, 0.4) is 0 Å². The molecule has 0 saturated carbocycles. The fraction of sp³-hybridized carbons (Fsp3) is 0. The molecule has 0 aromatic heterocycles. The van der Waals surface area contributed by atoms with Gasteiger partial charge < -0.3 is 10.1 Å². The molecule has 48 valence electrons. The van der Waals surface area contributed by atoms with E-state index in [0.29, 0.717) is 0 Å². The van der Waals surface area contributed by atoms with E-state index in [1.807, 2.05) is 24.3 Å². The summed E-state index contributed by atoms with van der Waals surface area (Å²) in [5, 5.41) is 0. The van der Waals surface area contributed by atoms with Gasteiger partial charge in [-0.2, -0.15) is 0 Å². The van der Waals surface area contributed by atoms with Crippen molar-refractivity contribution in [3.05, 3.63) is 24.3 Å². The monoisotopic (exact) mass is 186 g/mol. The second-order valence-electron chi connectivity index (χ2n) is 1.68. The summed E-state index contributed by atoms with van der Waals surface area (Å²) in [7, 11) is 0. The van der Waals surface area contributed by atoms with Crippen LogP contribution in [0.25, 0.3) is 0 Å². The summed E-state index contributed by atoms with van der Waals surface area (Å²) in [5.74, 6) is 0. The van der Waals surface area contributed by atoms with Crippen LogP contribution >= 0.6 is 16.1 Å². The van der Waals surface area contributed by atoms with Gasteiger partial charge in [0, 0.05) is 16.1 Å². The molecule has 3 heteroatoms. The van der Waals surface area contributed by atoms with Gasteiger partial charge in [0.05, 0.1) is 11.4 Å². The molecule has 2 nitrogen and oxygen atoms in total. The van der Waals surface area contributed by atoms with Gasteiger partial charge >= 0.3 is 0 Å². The van der Waals surface area contributed by atoms with E-state index in [0.717, 1.165) is 11.4 Å². The summed E-state index contributed by atoms with van der Waals surface area (Å²) in [6.07, 6.45) is 0. The molecule has 1 rings (SSSR count). The molecule has 1 aromatic rings. The molecule has 0 atom stereocenters. The molecular weight excluding hydrogens is 180 g/mol. The van der Waals surface area contributed by atoms with Gasteiger partial charge in [-0.25, -0.2) is 0 Å². The fourth-order valence-electron chi connectivity index (χ4n) is 0.583. The zero-order chi connectivity index (χ0) is 6.69. The van der Waals surface area contributed by atoms with E-state index in [2.05, 4.69) is 20.5 Å². The van der Waals surface area contributed by atoms with Crippen LogP contribution in [0.15, 0.2) is 24.3 Å². The van der Waals surface area contributed by atoms with E-state index in [9.17, 15) is 0 Å². The molecule has 0 spiro atoms. The molecule has 0 aliphatic heterocycles. The highest BCUT2D eigenvalue weighted by atomic mass is 79.9. The maximum Gasteiger partial charge on any atom is 0.0672 e. The van der Waals surface area contributed by atoms with Gasteiger partial charge in [0.2, 0.25) is 0 Å². The van der Waals surface area contributed by atoms with Crippen molar-refractivity contribution in [3.63, 3.8) is 0 Å². The van der Waals surface area contributed by atoms with E-state index in [-0.39, 0.29) is 0 Å². The minimum Gasteiger partial charge on any atom is -0.397 e. The van der Waals surface area contributed by atoms with E-state index in [4.69, 9.17) is 5.73 Å². The van der Waals surface area contributed by atoms with Crippen LogP contribution in [0.5, 0.6) is 0 Å². The summed E-state index contributed by atoms with van der Waals surface area (Å²) in [6, 6.07) is 7.54. The van der Waals surface area contributed by atoms with Crippen LogP contribution in [0.4, 0.5) is 11.4 Å². The first-order valence-corrected chi connectivity index (χ1v) is 3.35. The molecule has 0 aliphatic rings. The fourth-order valence-corrected chi connectivity index (χ4v) is 0.944. The van der Waals surface area contributed by atoms with Gasteiger partial charge in [-0.15, -0.1) is 0 Å². The Morgan fingerprint density at radius 1 is 1.33 bits per heavy atom. The Morgan fingerprint density at radius 3 is 2.44 bits per heavy atom. The maximum atomic E-state index is 5.54. The molecule has 0 saturated heterocycles. The zero-order valence-electron chi connectivity index (χ0n) is 4.76. The third-order valence-corrected chi connectivity index (χ3v) is 1.49. The highest BCUT2D eigenvalue weighted by molar-refractivity contribution is 9.10. The van der Waals surface area contributed by atoms with E-state index in [1.54, 1.807) is 0 Å². The summed E-state index contributed by atoms with van der Waals surface area (Å²) in [4.78, 5) is 0. The average Bonchev–Trinajstić information content (AvgIpc) is 1.89. The van der Waals surface area contributed by atoms with Crippen molar-refractivity contribution in [2.75, 3.05) is 10.1 Å². The predicted molar refractivity (Wildman–Crippen MR) is 43.4 cm³/mol. The number of hydrogen-bond donors (Lipinski definition) is 2. The smallest absolute Gasteiger partial charge is 0.0672 e. The summed E-state index contributed by atoms with van der Waals surface area (Å²) in [6.45, 7) is 0. The number of anilines is 2. The Bertz CT molecular complexity index is 200. The van der Waals surface area contributed by atoms with Gasteiger partial charge in [-0.3, -0.25) is 0 Å². The van der Waals surface area contributed by atoms with Crippen LogP contribution in [0.2, 0.25) is 0 Å². The molecule has 0 unspecified atom stereocenters. The first-order chi connectivity index (χ1) is 4.34. The molecule has 3 N–H and O–H groups in total. The average molecular weight is 187 g/mol. The molecule has 0 heterocycles. The van der Waals surface area contributed by atoms with Crippen molar-refractivity contribution in [3.8, 4) is 0 Å². The highest BCUT2D eigenvalue weighted by Crippen LogP contribution is 2.17. The predicted octanol–water partition coefficient (Wildman–Crippen LogP) is 1.99. The Labute approximate surface area is 62.4 Å². The Kier molecular flexibility index (Phi) is 1.95. The van der Waals surface area contributed by atoms with Crippen molar-refractivity contribution >= 4 is 27.5 Å². The quantitative estimate of drug-likeness (QED) is 0.521. The maximum absolute atomic E-state index is 5.54. The molecule has 0 aliphatic carbocycles. The zero-order valence-corrected chi connectivity index (χ0v) is 6.35. The lowest BCUT2D eigenvalue weighted by Crippen LogP contribution is -1.88. The van der Waals surface area contributed by atoms with E-state index >= 15 is 0 Å². The minimum atomic E-state index is 0.745. The molecule has 0 bridgehead atoms. The van der Waals surface area contributed by atoms with Crippen molar-refractivity contribution in [1.29, 1.82) is 0 Å². The standard InChI is InChI=1S/C6H7BrN2/c7-9-6-4-2-1-3-5(6)8/h1-4,9H,8H2. The van der Waals surface area contributed by atoms with Gasteiger partial charge in [0.1, 0.15) is 0 Å². The largest absolute Gasteiger partial charge is 0.397 e. The molecule has 0 fully saturated rings.